The van der Waals surface area contributed by atoms with Crippen LogP contribution in [0, 0.1) is 13.8 Å². The number of hydrogen-bond acceptors (Lipinski definition) is 2. The quantitative estimate of drug-likeness (QED) is 0.650. The molecule has 98 valence electrons. The van der Waals surface area contributed by atoms with Crippen molar-refractivity contribution in [3.8, 4) is 0 Å². The molecule has 0 saturated heterocycles. The largest absolute Gasteiger partial charge is 0.271 e. The lowest BCUT2D eigenvalue weighted by atomic mass is 9.72. The lowest BCUT2D eigenvalue weighted by molar-refractivity contribution is 0.419. The van der Waals surface area contributed by atoms with Crippen LogP contribution in [0.3, 0.4) is 0 Å². The molecule has 2 nitrogen and oxygen atoms in total. The van der Waals surface area contributed by atoms with Crippen LogP contribution in [0.2, 0.25) is 0 Å². The Kier molecular flexibility index (Phi) is 3.13. The van der Waals surface area contributed by atoms with Crippen molar-refractivity contribution < 1.29 is 0 Å². The summed E-state index contributed by atoms with van der Waals surface area (Å²) in [5, 5.41) is 0. The third-order valence-corrected chi connectivity index (χ3v) is 4.37. The fraction of sp³-hybridized carbons (Fsp3) is 0.294. The first-order valence-corrected chi connectivity index (χ1v) is 6.82. The van der Waals surface area contributed by atoms with Crippen molar-refractivity contribution in [2.24, 2.45) is 5.84 Å². The molecule has 1 aliphatic carbocycles. The summed E-state index contributed by atoms with van der Waals surface area (Å²) in [4.78, 5) is 0. The van der Waals surface area contributed by atoms with E-state index in [0.717, 1.165) is 6.42 Å². The van der Waals surface area contributed by atoms with Gasteiger partial charge in [0.15, 0.2) is 0 Å². The molecule has 2 aromatic rings. The van der Waals surface area contributed by atoms with Gasteiger partial charge in [-0.3, -0.25) is 11.3 Å². The van der Waals surface area contributed by atoms with Crippen LogP contribution in [-0.4, -0.2) is 0 Å². The molecule has 3 rings (SSSR count). The maximum atomic E-state index is 5.81. The van der Waals surface area contributed by atoms with Crippen LogP contribution in [0.15, 0.2) is 42.5 Å². The van der Waals surface area contributed by atoms with Crippen LogP contribution in [0.25, 0.3) is 0 Å². The van der Waals surface area contributed by atoms with Crippen LogP contribution in [-0.2, 0) is 6.42 Å². The maximum absolute atomic E-state index is 5.81. The number of nitrogens with two attached hydrogens (primary N) is 1. The van der Waals surface area contributed by atoms with Gasteiger partial charge in [-0.25, -0.2) is 0 Å². The van der Waals surface area contributed by atoms with Gasteiger partial charge in [-0.05, 0) is 48.1 Å². The van der Waals surface area contributed by atoms with Gasteiger partial charge in [0.05, 0.1) is 6.04 Å². The van der Waals surface area contributed by atoms with Crippen LogP contribution < -0.4 is 11.3 Å². The van der Waals surface area contributed by atoms with E-state index >= 15 is 0 Å². The molecule has 1 aliphatic rings. The van der Waals surface area contributed by atoms with E-state index in [1.807, 2.05) is 0 Å². The van der Waals surface area contributed by atoms with Crippen molar-refractivity contribution in [2.75, 3.05) is 0 Å². The van der Waals surface area contributed by atoms with Gasteiger partial charge in [-0.1, -0.05) is 42.5 Å². The van der Waals surface area contributed by atoms with Gasteiger partial charge < -0.3 is 0 Å². The molecule has 0 aromatic heterocycles. The fourth-order valence-electron chi connectivity index (χ4n) is 3.00. The Bertz CT molecular complexity index is 604. The number of benzene rings is 2. The van der Waals surface area contributed by atoms with E-state index < -0.39 is 0 Å². The molecule has 0 heterocycles. The average Bonchev–Trinajstić information content (AvgIpc) is 2.39. The number of hydrazine groups is 1. The summed E-state index contributed by atoms with van der Waals surface area (Å²) in [7, 11) is 0. The van der Waals surface area contributed by atoms with Crippen molar-refractivity contribution in [1.82, 2.24) is 5.43 Å². The highest BCUT2D eigenvalue weighted by Crippen LogP contribution is 2.43. The summed E-state index contributed by atoms with van der Waals surface area (Å²) in [5.41, 5.74) is 9.83. The standard InChI is InChI=1S/C17H20N2/c1-11-7-8-14(9-12(11)2)17(19-18)16-10-13-5-3-4-6-15(13)16/h3-9,16-17,19H,10,18H2,1-2H3. The summed E-state index contributed by atoms with van der Waals surface area (Å²) < 4.78 is 0. The highest BCUT2D eigenvalue weighted by Gasteiger charge is 2.33. The Labute approximate surface area is 114 Å². The minimum absolute atomic E-state index is 0.203. The smallest absolute Gasteiger partial charge is 0.0531 e. The number of hydrogen-bond donors (Lipinski definition) is 2. The van der Waals surface area contributed by atoms with Crippen molar-refractivity contribution >= 4 is 0 Å². The normalized spacial score (nSPS) is 18.6. The van der Waals surface area contributed by atoms with E-state index in [0.29, 0.717) is 5.92 Å². The molecular weight excluding hydrogens is 232 g/mol. The Hall–Kier alpha value is -1.64. The first-order chi connectivity index (χ1) is 9.20. The zero-order chi connectivity index (χ0) is 13.4. The second-order valence-electron chi connectivity index (χ2n) is 5.50. The van der Waals surface area contributed by atoms with Gasteiger partial charge in [-0.15, -0.1) is 0 Å². The van der Waals surface area contributed by atoms with Gasteiger partial charge in [0.2, 0.25) is 0 Å². The average molecular weight is 252 g/mol. The van der Waals surface area contributed by atoms with Crippen molar-refractivity contribution in [2.45, 2.75) is 32.2 Å². The topological polar surface area (TPSA) is 38.0 Å². The Balaban J connectivity index is 1.92. The second-order valence-corrected chi connectivity index (χ2v) is 5.50. The summed E-state index contributed by atoms with van der Waals surface area (Å²) in [5.74, 6) is 6.30. The first kappa shape index (κ1) is 12.4. The van der Waals surface area contributed by atoms with Gasteiger partial charge in [-0.2, -0.15) is 0 Å². The van der Waals surface area contributed by atoms with Crippen molar-refractivity contribution in [3.63, 3.8) is 0 Å². The molecule has 0 saturated carbocycles. The number of rotatable bonds is 3. The van der Waals surface area contributed by atoms with Crippen molar-refractivity contribution in [1.29, 1.82) is 0 Å². The minimum atomic E-state index is 0.203. The molecule has 0 spiro atoms. The Morgan fingerprint density at radius 1 is 1.11 bits per heavy atom. The molecule has 2 aromatic carbocycles. The summed E-state index contributed by atoms with van der Waals surface area (Å²) in [6.07, 6.45) is 1.11. The van der Waals surface area contributed by atoms with E-state index in [2.05, 4.69) is 61.7 Å². The predicted octanol–water partition coefficient (Wildman–Crippen LogP) is 3.15. The minimum Gasteiger partial charge on any atom is -0.271 e. The van der Waals surface area contributed by atoms with Gasteiger partial charge in [0.1, 0.15) is 0 Å². The lowest BCUT2D eigenvalue weighted by Gasteiger charge is -2.36. The van der Waals surface area contributed by atoms with E-state index in [4.69, 9.17) is 5.84 Å². The number of aryl methyl sites for hydroxylation is 2. The monoisotopic (exact) mass is 252 g/mol. The fourth-order valence-corrected chi connectivity index (χ4v) is 3.00. The zero-order valence-electron chi connectivity index (χ0n) is 11.5. The molecule has 0 amide bonds. The second kappa shape index (κ2) is 4.80. The summed E-state index contributed by atoms with van der Waals surface area (Å²) in [6.45, 7) is 4.30. The van der Waals surface area contributed by atoms with E-state index in [1.165, 1.54) is 27.8 Å². The molecule has 0 bridgehead atoms. The van der Waals surface area contributed by atoms with Crippen LogP contribution in [0.1, 0.15) is 39.8 Å². The molecule has 2 heteroatoms. The third kappa shape index (κ3) is 2.07. The number of fused-ring (bicyclic) bond motifs is 1. The van der Waals surface area contributed by atoms with Crippen LogP contribution >= 0.6 is 0 Å². The van der Waals surface area contributed by atoms with E-state index in [-0.39, 0.29) is 6.04 Å². The lowest BCUT2D eigenvalue weighted by Crippen LogP contribution is -2.37. The van der Waals surface area contributed by atoms with Crippen molar-refractivity contribution in [3.05, 3.63) is 70.3 Å². The molecule has 0 aliphatic heterocycles. The molecule has 3 N–H and O–H groups in total. The van der Waals surface area contributed by atoms with Crippen LogP contribution in [0.4, 0.5) is 0 Å². The zero-order valence-corrected chi connectivity index (χ0v) is 11.5. The molecule has 19 heavy (non-hydrogen) atoms. The van der Waals surface area contributed by atoms with Gasteiger partial charge in [0.25, 0.3) is 0 Å². The first-order valence-electron chi connectivity index (χ1n) is 6.82. The summed E-state index contributed by atoms with van der Waals surface area (Å²) in [6, 6.07) is 15.5. The molecule has 0 fully saturated rings. The Morgan fingerprint density at radius 3 is 2.58 bits per heavy atom. The highest BCUT2D eigenvalue weighted by molar-refractivity contribution is 5.44. The molecule has 2 unspecified atom stereocenters. The summed E-state index contributed by atoms with van der Waals surface area (Å²) >= 11 is 0. The van der Waals surface area contributed by atoms with E-state index in [1.54, 1.807) is 0 Å². The number of nitrogens with one attached hydrogen (secondary N) is 1. The third-order valence-electron chi connectivity index (χ3n) is 4.37. The van der Waals surface area contributed by atoms with Gasteiger partial charge >= 0.3 is 0 Å². The van der Waals surface area contributed by atoms with Crippen LogP contribution in [0.5, 0.6) is 0 Å². The highest BCUT2D eigenvalue weighted by atomic mass is 15.2. The molecular formula is C17H20N2. The Morgan fingerprint density at radius 2 is 1.89 bits per heavy atom. The van der Waals surface area contributed by atoms with Gasteiger partial charge in [0, 0.05) is 5.92 Å². The van der Waals surface area contributed by atoms with E-state index in [9.17, 15) is 0 Å². The molecule has 2 atom stereocenters. The maximum Gasteiger partial charge on any atom is 0.0531 e. The molecule has 0 radical (unpaired) electrons. The SMILES string of the molecule is Cc1ccc(C(NN)C2Cc3ccccc32)cc1C. The predicted molar refractivity (Wildman–Crippen MR) is 78.9 cm³/mol.